The highest BCUT2D eigenvalue weighted by Gasteiger charge is 2.17. The minimum Gasteiger partial charge on any atom is -0.346 e. The van der Waals surface area contributed by atoms with Crippen LogP contribution in [0.3, 0.4) is 0 Å². The lowest BCUT2D eigenvalue weighted by atomic mass is 10.1. The van der Waals surface area contributed by atoms with Gasteiger partial charge >= 0.3 is 0 Å². The molecule has 1 unspecified atom stereocenters. The Labute approximate surface area is 159 Å². The molecule has 0 saturated carbocycles. The third-order valence-electron chi connectivity index (χ3n) is 3.91. The van der Waals surface area contributed by atoms with Crippen LogP contribution in [0.2, 0.25) is 0 Å². The Kier molecular flexibility index (Phi) is 6.05. The summed E-state index contributed by atoms with van der Waals surface area (Å²) >= 11 is 0. The molecule has 0 aliphatic carbocycles. The van der Waals surface area contributed by atoms with Crippen molar-refractivity contribution in [1.29, 1.82) is 0 Å². The van der Waals surface area contributed by atoms with Gasteiger partial charge in [0, 0.05) is 11.6 Å². The molecule has 144 valence electrons. The lowest BCUT2D eigenvalue weighted by molar-refractivity contribution is -0.121. The van der Waals surface area contributed by atoms with Crippen molar-refractivity contribution < 1.29 is 18.4 Å². The zero-order valence-corrected chi connectivity index (χ0v) is 14.7. The maximum absolute atomic E-state index is 13.2. The van der Waals surface area contributed by atoms with Gasteiger partial charge in [-0.3, -0.25) is 14.3 Å². The van der Waals surface area contributed by atoms with Crippen molar-refractivity contribution >= 4 is 11.8 Å². The Balaban J connectivity index is 1.62. The molecule has 2 aromatic carbocycles. The first-order valence-electron chi connectivity index (χ1n) is 8.42. The molecule has 2 amide bonds. The van der Waals surface area contributed by atoms with E-state index in [2.05, 4.69) is 20.7 Å². The van der Waals surface area contributed by atoms with Gasteiger partial charge < -0.3 is 10.6 Å². The molecule has 7 nitrogen and oxygen atoms in total. The van der Waals surface area contributed by atoms with Crippen LogP contribution >= 0.6 is 0 Å². The first kappa shape index (κ1) is 19.2. The molecule has 3 aromatic rings. The molecule has 0 spiro atoms. The summed E-state index contributed by atoms with van der Waals surface area (Å²) in [6.45, 7) is -0.00351. The Morgan fingerprint density at radius 2 is 1.79 bits per heavy atom. The van der Waals surface area contributed by atoms with Crippen LogP contribution in [0.4, 0.5) is 8.78 Å². The maximum Gasteiger partial charge on any atom is 0.251 e. The number of nitrogens with zero attached hydrogens (tertiary/aromatic N) is 3. The quantitative estimate of drug-likeness (QED) is 0.650. The Bertz CT molecular complexity index is 928. The molecule has 0 fully saturated rings. The molecule has 1 aromatic heterocycles. The van der Waals surface area contributed by atoms with Crippen LogP contribution in [0.15, 0.2) is 61.2 Å². The number of aromatic nitrogens is 3. The van der Waals surface area contributed by atoms with Crippen LogP contribution in [0.25, 0.3) is 0 Å². The fourth-order valence-electron chi connectivity index (χ4n) is 2.63. The zero-order chi connectivity index (χ0) is 19.9. The highest BCUT2D eigenvalue weighted by atomic mass is 19.1. The first-order valence-corrected chi connectivity index (χ1v) is 8.42. The van der Waals surface area contributed by atoms with Gasteiger partial charge in [-0.1, -0.05) is 30.3 Å². The van der Waals surface area contributed by atoms with Gasteiger partial charge in [0.15, 0.2) is 0 Å². The molecule has 9 heteroatoms. The molecular formula is C19H17F2N5O2. The highest BCUT2D eigenvalue weighted by molar-refractivity contribution is 5.96. The van der Waals surface area contributed by atoms with E-state index in [0.29, 0.717) is 12.6 Å². The summed E-state index contributed by atoms with van der Waals surface area (Å²) in [5, 5.41) is 9.19. The van der Waals surface area contributed by atoms with Gasteiger partial charge in [-0.15, -0.1) is 0 Å². The van der Waals surface area contributed by atoms with Crippen molar-refractivity contribution in [2.24, 2.45) is 0 Å². The lowest BCUT2D eigenvalue weighted by Gasteiger charge is -2.19. The third-order valence-corrected chi connectivity index (χ3v) is 3.91. The van der Waals surface area contributed by atoms with Crippen molar-refractivity contribution in [3.8, 4) is 0 Å². The summed E-state index contributed by atoms with van der Waals surface area (Å²) in [4.78, 5) is 28.2. The molecule has 0 bridgehead atoms. The van der Waals surface area contributed by atoms with Crippen molar-refractivity contribution in [1.82, 2.24) is 25.4 Å². The van der Waals surface area contributed by atoms with Gasteiger partial charge in [-0.25, -0.2) is 13.8 Å². The summed E-state index contributed by atoms with van der Waals surface area (Å²) in [5.41, 5.74) is 0.650. The molecule has 0 saturated heterocycles. The van der Waals surface area contributed by atoms with E-state index in [-0.39, 0.29) is 12.1 Å². The van der Waals surface area contributed by atoms with E-state index in [1.54, 1.807) is 4.68 Å². The van der Waals surface area contributed by atoms with E-state index in [9.17, 15) is 18.4 Å². The number of hydrogen-bond donors (Lipinski definition) is 2. The molecule has 2 N–H and O–H groups in total. The Hall–Kier alpha value is -3.62. The predicted octanol–water partition coefficient (Wildman–Crippen LogP) is 1.84. The van der Waals surface area contributed by atoms with Crippen LogP contribution in [0.1, 0.15) is 22.0 Å². The average Bonchev–Trinajstić information content (AvgIpc) is 3.18. The molecule has 0 aliphatic rings. The maximum atomic E-state index is 13.2. The standard InChI is InChI=1S/C19H17F2N5O2/c20-15-6-14(7-16(21)8-15)19(28)23-9-18(27)25-17(10-26-12-22-11-24-26)13-4-2-1-3-5-13/h1-8,11-12,17H,9-10H2,(H,23,28)(H,25,27). The van der Waals surface area contributed by atoms with Gasteiger partial charge in [0.1, 0.15) is 24.3 Å². The third kappa shape index (κ3) is 5.19. The normalized spacial score (nSPS) is 11.6. The molecule has 0 aliphatic heterocycles. The topological polar surface area (TPSA) is 88.9 Å². The van der Waals surface area contributed by atoms with Crippen molar-refractivity contribution in [3.63, 3.8) is 0 Å². The number of benzene rings is 2. The van der Waals surface area contributed by atoms with E-state index in [4.69, 9.17) is 0 Å². The van der Waals surface area contributed by atoms with Gasteiger partial charge in [0.2, 0.25) is 5.91 Å². The smallest absolute Gasteiger partial charge is 0.251 e. The fraction of sp³-hybridized carbons (Fsp3) is 0.158. The molecular weight excluding hydrogens is 368 g/mol. The minimum atomic E-state index is -0.869. The lowest BCUT2D eigenvalue weighted by Crippen LogP contribution is -2.40. The van der Waals surface area contributed by atoms with Gasteiger partial charge in [-0.2, -0.15) is 5.10 Å². The SMILES string of the molecule is O=C(CNC(=O)c1cc(F)cc(F)c1)NC(Cn1cncn1)c1ccccc1. The second kappa shape index (κ2) is 8.85. The highest BCUT2D eigenvalue weighted by Crippen LogP contribution is 2.14. The van der Waals surface area contributed by atoms with Crippen LogP contribution in [-0.4, -0.2) is 33.1 Å². The number of hydrogen-bond acceptors (Lipinski definition) is 4. The Morgan fingerprint density at radius 1 is 1.07 bits per heavy atom. The number of halogens is 2. The monoisotopic (exact) mass is 385 g/mol. The predicted molar refractivity (Wildman–Crippen MR) is 96.0 cm³/mol. The summed E-state index contributed by atoms with van der Waals surface area (Å²) in [5.74, 6) is -2.95. The summed E-state index contributed by atoms with van der Waals surface area (Å²) in [6.07, 6.45) is 2.92. The van der Waals surface area contributed by atoms with Gasteiger partial charge in [0.25, 0.3) is 5.91 Å². The molecule has 3 rings (SSSR count). The van der Waals surface area contributed by atoms with Crippen molar-refractivity contribution in [2.45, 2.75) is 12.6 Å². The fourth-order valence-corrected chi connectivity index (χ4v) is 2.63. The van der Waals surface area contributed by atoms with Gasteiger partial charge in [0.05, 0.1) is 19.1 Å². The zero-order valence-electron chi connectivity index (χ0n) is 14.7. The van der Waals surface area contributed by atoms with Crippen LogP contribution < -0.4 is 10.6 Å². The van der Waals surface area contributed by atoms with E-state index >= 15 is 0 Å². The number of carbonyl (C=O) groups is 2. The number of rotatable bonds is 7. The number of nitrogens with one attached hydrogen (secondary N) is 2. The first-order chi connectivity index (χ1) is 13.5. The summed E-state index contributed by atoms with van der Waals surface area (Å²) < 4.78 is 28.0. The van der Waals surface area contributed by atoms with E-state index in [1.807, 2.05) is 30.3 Å². The molecule has 1 heterocycles. The minimum absolute atomic E-state index is 0.201. The number of carbonyl (C=O) groups excluding carboxylic acids is 2. The second-order valence-corrected chi connectivity index (χ2v) is 5.99. The van der Waals surface area contributed by atoms with E-state index in [1.165, 1.54) is 12.7 Å². The van der Waals surface area contributed by atoms with Crippen molar-refractivity contribution in [2.75, 3.05) is 6.54 Å². The number of amides is 2. The van der Waals surface area contributed by atoms with E-state index in [0.717, 1.165) is 17.7 Å². The van der Waals surface area contributed by atoms with Crippen molar-refractivity contribution in [3.05, 3.63) is 83.9 Å². The molecule has 0 radical (unpaired) electrons. The van der Waals surface area contributed by atoms with E-state index < -0.39 is 29.5 Å². The Morgan fingerprint density at radius 3 is 2.43 bits per heavy atom. The molecule has 1 atom stereocenters. The average molecular weight is 385 g/mol. The molecule has 28 heavy (non-hydrogen) atoms. The largest absolute Gasteiger partial charge is 0.346 e. The summed E-state index contributed by atoms with van der Waals surface area (Å²) in [6, 6.07) is 11.3. The second-order valence-electron chi connectivity index (χ2n) is 5.99. The van der Waals surface area contributed by atoms with Crippen LogP contribution in [0.5, 0.6) is 0 Å². The van der Waals surface area contributed by atoms with Gasteiger partial charge in [-0.05, 0) is 17.7 Å². The van der Waals surface area contributed by atoms with Crippen LogP contribution in [-0.2, 0) is 11.3 Å². The summed E-state index contributed by atoms with van der Waals surface area (Å²) in [7, 11) is 0. The van der Waals surface area contributed by atoms with Crippen LogP contribution in [0, 0.1) is 11.6 Å².